The van der Waals surface area contributed by atoms with E-state index in [0.717, 1.165) is 10.1 Å². The molecular formula is C18H20FN3O6. The van der Waals surface area contributed by atoms with E-state index in [1.165, 1.54) is 0 Å². The number of aromatic nitrogens is 2. The Morgan fingerprint density at radius 2 is 2.11 bits per heavy atom. The molecule has 150 valence electrons. The number of halogens is 1. The second-order valence-electron chi connectivity index (χ2n) is 6.50. The Morgan fingerprint density at radius 3 is 2.82 bits per heavy atom. The summed E-state index contributed by atoms with van der Waals surface area (Å²) in [6, 6.07) is 8.30. The van der Waals surface area contributed by atoms with Crippen molar-refractivity contribution in [3.05, 3.63) is 68.7 Å². The number of H-pyrrole nitrogens is 1. The number of benzene rings is 1. The summed E-state index contributed by atoms with van der Waals surface area (Å²) in [7, 11) is 0. The van der Waals surface area contributed by atoms with Gasteiger partial charge >= 0.3 is 11.7 Å². The normalized spacial score (nSPS) is 22.8. The highest BCUT2D eigenvalue weighted by Crippen LogP contribution is 2.27. The van der Waals surface area contributed by atoms with Crippen LogP contribution in [-0.4, -0.2) is 45.5 Å². The highest BCUT2D eigenvalue weighted by molar-refractivity contribution is 5.75. The highest BCUT2D eigenvalue weighted by atomic mass is 19.1. The van der Waals surface area contributed by atoms with Crippen molar-refractivity contribution in [1.82, 2.24) is 9.55 Å². The molecule has 0 spiro atoms. The summed E-state index contributed by atoms with van der Waals surface area (Å²) in [4.78, 5) is 36.8. The van der Waals surface area contributed by atoms with Crippen LogP contribution in [0.4, 0.5) is 4.39 Å². The molecule has 1 fully saturated rings. The minimum atomic E-state index is -1.15. The fourth-order valence-corrected chi connectivity index (χ4v) is 2.93. The summed E-state index contributed by atoms with van der Waals surface area (Å²) in [6.45, 7) is -0.278. The molecule has 0 aliphatic carbocycles. The molecule has 1 saturated heterocycles. The van der Waals surface area contributed by atoms with E-state index in [9.17, 15) is 23.9 Å². The van der Waals surface area contributed by atoms with Crippen LogP contribution in [0, 0.1) is 5.82 Å². The van der Waals surface area contributed by atoms with E-state index in [1.807, 2.05) is 35.3 Å². The monoisotopic (exact) mass is 393 g/mol. The number of esters is 1. The quantitative estimate of drug-likeness (QED) is 0.560. The Hall–Kier alpha value is -2.82. The average molecular weight is 393 g/mol. The maximum absolute atomic E-state index is 13.4. The molecule has 0 saturated carbocycles. The number of carbonyl (C=O) groups is 1. The van der Waals surface area contributed by atoms with Crippen molar-refractivity contribution in [3.63, 3.8) is 0 Å². The summed E-state index contributed by atoms with van der Waals surface area (Å²) in [5, 5.41) is 10.1. The second-order valence-corrected chi connectivity index (χ2v) is 6.50. The number of rotatable bonds is 6. The van der Waals surface area contributed by atoms with Gasteiger partial charge in [-0.15, -0.1) is 0 Å². The molecule has 9 nitrogen and oxygen atoms in total. The van der Waals surface area contributed by atoms with Gasteiger partial charge in [0.15, 0.2) is 0 Å². The number of ether oxygens (including phenoxy) is 2. The van der Waals surface area contributed by atoms with Crippen LogP contribution in [0.1, 0.15) is 18.2 Å². The average Bonchev–Trinajstić information content (AvgIpc) is 3.04. The molecule has 4 atom stereocenters. The van der Waals surface area contributed by atoms with Crippen molar-refractivity contribution in [2.75, 3.05) is 6.61 Å². The lowest BCUT2D eigenvalue weighted by atomic mass is 10.1. The summed E-state index contributed by atoms with van der Waals surface area (Å²) >= 11 is 0. The third kappa shape index (κ3) is 4.53. The van der Waals surface area contributed by atoms with Crippen molar-refractivity contribution in [2.24, 2.45) is 5.73 Å². The Labute approximate surface area is 158 Å². The summed E-state index contributed by atoms with van der Waals surface area (Å²) < 4.78 is 24.9. The van der Waals surface area contributed by atoms with Crippen LogP contribution >= 0.6 is 0 Å². The second kappa shape index (κ2) is 8.46. The zero-order chi connectivity index (χ0) is 20.3. The van der Waals surface area contributed by atoms with E-state index in [-0.39, 0.29) is 13.0 Å². The number of hydrogen-bond acceptors (Lipinski definition) is 7. The van der Waals surface area contributed by atoms with Crippen molar-refractivity contribution in [3.8, 4) is 0 Å². The van der Waals surface area contributed by atoms with E-state index in [4.69, 9.17) is 15.2 Å². The van der Waals surface area contributed by atoms with E-state index >= 15 is 0 Å². The minimum Gasteiger partial charge on any atom is -0.462 e. The molecule has 1 aromatic carbocycles. The minimum absolute atomic E-state index is 0.0380. The van der Waals surface area contributed by atoms with Crippen molar-refractivity contribution in [1.29, 1.82) is 0 Å². The van der Waals surface area contributed by atoms with Crippen LogP contribution in [0.5, 0.6) is 0 Å². The van der Waals surface area contributed by atoms with Crippen molar-refractivity contribution in [2.45, 2.75) is 37.3 Å². The number of hydrogen-bond donors (Lipinski definition) is 3. The summed E-state index contributed by atoms with van der Waals surface area (Å²) in [5.74, 6) is -1.81. The predicted molar refractivity (Wildman–Crippen MR) is 94.9 cm³/mol. The van der Waals surface area contributed by atoms with Crippen LogP contribution < -0.4 is 17.0 Å². The molecule has 0 radical (unpaired) electrons. The first-order chi connectivity index (χ1) is 13.3. The lowest BCUT2D eigenvalue weighted by Crippen LogP contribution is -2.37. The van der Waals surface area contributed by atoms with E-state index in [0.29, 0.717) is 12.6 Å². The van der Waals surface area contributed by atoms with Gasteiger partial charge in [-0.1, -0.05) is 30.3 Å². The standard InChI is InChI=1S/C18H20FN3O6/c19-11-8-22(18(26)21-16(11)24)15-7-13(23)14(28-15)9-27-17(25)12(20)6-10-4-2-1-3-5-10/h1-5,8,12-15,23H,6-7,9,20H2,(H,21,24,26)/t12-,13+,14-,15?/m1/s1. The molecule has 4 N–H and O–H groups in total. The highest BCUT2D eigenvalue weighted by Gasteiger charge is 2.36. The van der Waals surface area contributed by atoms with Crippen LogP contribution in [0.25, 0.3) is 0 Å². The molecule has 28 heavy (non-hydrogen) atoms. The fraction of sp³-hybridized carbons (Fsp3) is 0.389. The zero-order valence-corrected chi connectivity index (χ0v) is 14.8. The molecule has 1 aliphatic heterocycles. The van der Waals surface area contributed by atoms with Gasteiger partial charge in [-0.25, -0.2) is 4.79 Å². The number of carbonyl (C=O) groups excluding carboxylic acids is 1. The summed E-state index contributed by atoms with van der Waals surface area (Å²) in [5.41, 5.74) is 4.71. The van der Waals surface area contributed by atoms with Crippen molar-refractivity contribution >= 4 is 5.97 Å². The molecule has 1 unspecified atom stereocenters. The van der Waals surface area contributed by atoms with Crippen LogP contribution in [-0.2, 0) is 20.7 Å². The SMILES string of the molecule is N[C@H](Cc1ccccc1)C(=O)OC[C@H]1OC(n2cc(F)c(=O)[nH]c2=O)C[C@@H]1O. The molecule has 3 rings (SSSR count). The number of aliphatic hydroxyl groups is 1. The number of nitrogens with zero attached hydrogens (tertiary/aromatic N) is 1. The lowest BCUT2D eigenvalue weighted by Gasteiger charge is -2.17. The number of aliphatic hydroxyl groups excluding tert-OH is 1. The van der Waals surface area contributed by atoms with Crippen LogP contribution in [0.2, 0.25) is 0 Å². The predicted octanol–water partition coefficient (Wildman–Crippen LogP) is -0.563. The van der Waals surface area contributed by atoms with Gasteiger partial charge in [0, 0.05) is 6.42 Å². The van der Waals surface area contributed by atoms with Gasteiger partial charge in [0.25, 0.3) is 5.56 Å². The van der Waals surface area contributed by atoms with Gasteiger partial charge in [-0.2, -0.15) is 4.39 Å². The van der Waals surface area contributed by atoms with Gasteiger partial charge in [-0.3, -0.25) is 19.1 Å². The maximum Gasteiger partial charge on any atom is 0.330 e. The zero-order valence-electron chi connectivity index (χ0n) is 14.8. The number of nitrogens with two attached hydrogens (primary N) is 1. The molecule has 2 heterocycles. The van der Waals surface area contributed by atoms with E-state index < -0.39 is 47.5 Å². The van der Waals surface area contributed by atoms with Gasteiger partial charge in [0.2, 0.25) is 5.82 Å². The molecule has 2 aromatic rings. The maximum atomic E-state index is 13.4. The first-order valence-electron chi connectivity index (χ1n) is 8.66. The van der Waals surface area contributed by atoms with E-state index in [2.05, 4.69) is 0 Å². The van der Waals surface area contributed by atoms with Gasteiger partial charge in [0.05, 0.1) is 12.3 Å². The Balaban J connectivity index is 1.57. The molecule has 0 bridgehead atoms. The number of aromatic amines is 1. The smallest absolute Gasteiger partial charge is 0.330 e. The Morgan fingerprint density at radius 1 is 1.39 bits per heavy atom. The molecule has 0 amide bonds. The number of nitrogens with one attached hydrogen (secondary N) is 1. The Kier molecular flexibility index (Phi) is 6.02. The topological polar surface area (TPSA) is 137 Å². The first kappa shape index (κ1) is 19.9. The van der Waals surface area contributed by atoms with E-state index in [1.54, 1.807) is 0 Å². The molecule has 1 aliphatic rings. The molecule has 1 aromatic heterocycles. The van der Waals surface area contributed by atoms with Gasteiger partial charge in [-0.05, 0) is 12.0 Å². The van der Waals surface area contributed by atoms with Gasteiger partial charge < -0.3 is 20.3 Å². The van der Waals surface area contributed by atoms with Crippen LogP contribution in [0.3, 0.4) is 0 Å². The fourth-order valence-electron chi connectivity index (χ4n) is 2.93. The van der Waals surface area contributed by atoms with Crippen LogP contribution in [0.15, 0.2) is 46.1 Å². The summed E-state index contributed by atoms with van der Waals surface area (Å²) in [6.07, 6.45) is -2.00. The lowest BCUT2D eigenvalue weighted by molar-refractivity contribution is -0.151. The van der Waals surface area contributed by atoms with Gasteiger partial charge in [0.1, 0.15) is 25.0 Å². The molecule has 10 heteroatoms. The third-order valence-corrected chi connectivity index (χ3v) is 4.43. The first-order valence-corrected chi connectivity index (χ1v) is 8.66. The molecular weight excluding hydrogens is 373 g/mol. The Bertz CT molecular complexity index is 944. The third-order valence-electron chi connectivity index (χ3n) is 4.43. The van der Waals surface area contributed by atoms with Crippen molar-refractivity contribution < 1.29 is 23.8 Å². The largest absolute Gasteiger partial charge is 0.462 e.